The predicted octanol–water partition coefficient (Wildman–Crippen LogP) is 1.68. The number of amides is 1. The summed E-state index contributed by atoms with van der Waals surface area (Å²) in [7, 11) is 2.60. The number of alkyl halides is 2. The van der Waals surface area contributed by atoms with E-state index in [0.717, 1.165) is 13.1 Å². The van der Waals surface area contributed by atoms with Crippen LogP contribution in [-0.4, -0.2) is 46.4 Å². The third-order valence-electron chi connectivity index (χ3n) is 3.35. The summed E-state index contributed by atoms with van der Waals surface area (Å²) in [5, 5.41) is 5.89. The Kier molecular flexibility index (Phi) is 7.31. The van der Waals surface area contributed by atoms with Crippen molar-refractivity contribution in [3.05, 3.63) is 17.7 Å². The minimum atomic E-state index is -3.02. The summed E-state index contributed by atoms with van der Waals surface area (Å²) in [5.41, 5.74) is 0.252. The molecular weight excluding hydrogens is 334 g/mol. The minimum Gasteiger partial charge on any atom is -0.493 e. The Morgan fingerprint density at radius 3 is 2.26 bits per heavy atom. The molecule has 1 aliphatic heterocycles. The Morgan fingerprint density at radius 1 is 1.30 bits per heavy atom. The van der Waals surface area contributed by atoms with E-state index in [0.29, 0.717) is 12.5 Å². The average Bonchev–Trinajstić information content (AvgIpc) is 2.44. The zero-order valence-electron chi connectivity index (χ0n) is 12.7. The number of rotatable bonds is 7. The van der Waals surface area contributed by atoms with E-state index in [9.17, 15) is 13.6 Å². The summed E-state index contributed by atoms with van der Waals surface area (Å²) in [6.45, 7) is -0.734. The standard InChI is InChI=1S/C14H18F2N2O4.ClH/c1-20-10-3-9(13(19)18-7-8-5-17-6-8)4-11(21-2)12(10)22-14(15)16;/h3-4,8,14,17H,5-7H2,1-2H3,(H,18,19);1H. The quantitative estimate of drug-likeness (QED) is 0.781. The van der Waals surface area contributed by atoms with Crippen LogP contribution in [0.15, 0.2) is 12.1 Å². The van der Waals surface area contributed by atoms with Crippen LogP contribution in [0.25, 0.3) is 0 Å². The number of benzene rings is 1. The van der Waals surface area contributed by atoms with Crippen molar-refractivity contribution >= 4 is 18.3 Å². The summed E-state index contributed by atoms with van der Waals surface area (Å²) in [6.07, 6.45) is 0. The maximum absolute atomic E-state index is 12.4. The third-order valence-corrected chi connectivity index (χ3v) is 3.35. The van der Waals surface area contributed by atoms with Gasteiger partial charge in [-0.05, 0) is 12.1 Å². The first kappa shape index (κ1) is 19.2. The molecule has 1 aromatic carbocycles. The Hall–Kier alpha value is -1.80. The first-order chi connectivity index (χ1) is 10.5. The van der Waals surface area contributed by atoms with Crippen LogP contribution >= 0.6 is 12.4 Å². The van der Waals surface area contributed by atoms with E-state index < -0.39 is 6.61 Å². The number of hydrogen-bond donors (Lipinski definition) is 2. The molecule has 0 radical (unpaired) electrons. The van der Waals surface area contributed by atoms with Gasteiger partial charge >= 0.3 is 6.61 Å². The van der Waals surface area contributed by atoms with Crippen LogP contribution in [0.5, 0.6) is 17.2 Å². The van der Waals surface area contributed by atoms with Gasteiger partial charge in [-0.25, -0.2) is 0 Å². The van der Waals surface area contributed by atoms with Crippen molar-refractivity contribution in [2.45, 2.75) is 6.61 Å². The molecular formula is C14H19ClF2N2O4. The molecule has 2 N–H and O–H groups in total. The molecule has 130 valence electrons. The highest BCUT2D eigenvalue weighted by Gasteiger charge is 2.22. The first-order valence-electron chi connectivity index (χ1n) is 6.75. The zero-order valence-corrected chi connectivity index (χ0v) is 13.5. The van der Waals surface area contributed by atoms with E-state index >= 15 is 0 Å². The van der Waals surface area contributed by atoms with Crippen molar-refractivity contribution in [3.63, 3.8) is 0 Å². The summed E-state index contributed by atoms with van der Waals surface area (Å²) in [6, 6.07) is 2.68. The Balaban J connectivity index is 0.00000264. The number of carbonyl (C=O) groups is 1. The Morgan fingerprint density at radius 2 is 1.87 bits per heavy atom. The lowest BCUT2D eigenvalue weighted by Crippen LogP contribution is -2.48. The van der Waals surface area contributed by atoms with E-state index in [1.807, 2.05) is 0 Å². The monoisotopic (exact) mass is 352 g/mol. The molecule has 2 rings (SSSR count). The minimum absolute atomic E-state index is 0. The molecule has 0 aromatic heterocycles. The van der Waals surface area contributed by atoms with Crippen molar-refractivity contribution in [1.82, 2.24) is 10.6 Å². The second kappa shape index (κ2) is 8.73. The highest BCUT2D eigenvalue weighted by molar-refractivity contribution is 5.95. The van der Waals surface area contributed by atoms with Gasteiger partial charge in [0.05, 0.1) is 14.2 Å². The second-order valence-electron chi connectivity index (χ2n) is 4.82. The maximum Gasteiger partial charge on any atom is 0.387 e. The summed E-state index contributed by atoms with van der Waals surface area (Å²) >= 11 is 0. The summed E-state index contributed by atoms with van der Waals surface area (Å²) in [5.74, 6) is -0.133. The molecule has 1 aromatic rings. The molecule has 0 aliphatic carbocycles. The van der Waals surface area contributed by atoms with Crippen LogP contribution in [0.2, 0.25) is 0 Å². The van der Waals surface area contributed by atoms with Crippen molar-refractivity contribution < 1.29 is 27.8 Å². The SMILES string of the molecule is COc1cc(C(=O)NCC2CNC2)cc(OC)c1OC(F)F.Cl. The van der Waals surface area contributed by atoms with Crippen LogP contribution in [-0.2, 0) is 0 Å². The number of nitrogens with one attached hydrogen (secondary N) is 2. The lowest BCUT2D eigenvalue weighted by molar-refractivity contribution is -0.0526. The molecule has 0 unspecified atom stereocenters. The lowest BCUT2D eigenvalue weighted by atomic mass is 10.0. The topological polar surface area (TPSA) is 68.8 Å². The first-order valence-corrected chi connectivity index (χ1v) is 6.75. The van der Waals surface area contributed by atoms with Gasteiger partial charge in [-0.15, -0.1) is 12.4 Å². The number of hydrogen-bond acceptors (Lipinski definition) is 5. The third kappa shape index (κ3) is 4.84. The van der Waals surface area contributed by atoms with E-state index in [1.54, 1.807) is 0 Å². The van der Waals surface area contributed by atoms with Crippen molar-refractivity contribution in [2.75, 3.05) is 33.9 Å². The zero-order chi connectivity index (χ0) is 16.1. The normalized spacial score (nSPS) is 13.8. The maximum atomic E-state index is 12.4. The van der Waals surface area contributed by atoms with Gasteiger partial charge in [0.2, 0.25) is 5.75 Å². The van der Waals surface area contributed by atoms with Crippen LogP contribution in [0.3, 0.4) is 0 Å². The molecule has 1 fully saturated rings. The van der Waals surface area contributed by atoms with Crippen LogP contribution in [0, 0.1) is 5.92 Å². The predicted molar refractivity (Wildman–Crippen MR) is 82.1 cm³/mol. The van der Waals surface area contributed by atoms with Gasteiger partial charge in [-0.3, -0.25) is 4.79 Å². The second-order valence-corrected chi connectivity index (χ2v) is 4.82. The van der Waals surface area contributed by atoms with Gasteiger partial charge in [-0.1, -0.05) is 0 Å². The van der Waals surface area contributed by atoms with Gasteiger partial charge in [0.25, 0.3) is 5.91 Å². The molecule has 9 heteroatoms. The van der Waals surface area contributed by atoms with Gasteiger partial charge in [-0.2, -0.15) is 8.78 Å². The number of carbonyl (C=O) groups excluding carboxylic acids is 1. The van der Waals surface area contributed by atoms with Gasteiger partial charge in [0.15, 0.2) is 11.5 Å². The molecule has 1 saturated heterocycles. The van der Waals surface area contributed by atoms with Crippen LogP contribution in [0.4, 0.5) is 8.78 Å². The van der Waals surface area contributed by atoms with Crippen molar-refractivity contribution in [3.8, 4) is 17.2 Å². The molecule has 0 saturated carbocycles. The molecule has 1 aliphatic rings. The Bertz CT molecular complexity index is 517. The highest BCUT2D eigenvalue weighted by atomic mass is 35.5. The molecule has 0 bridgehead atoms. The summed E-state index contributed by atoms with van der Waals surface area (Å²) in [4.78, 5) is 12.1. The van der Waals surface area contributed by atoms with Crippen LogP contribution < -0.4 is 24.8 Å². The van der Waals surface area contributed by atoms with E-state index in [-0.39, 0.29) is 41.1 Å². The number of methoxy groups -OCH3 is 2. The molecule has 0 atom stereocenters. The fraction of sp³-hybridized carbons (Fsp3) is 0.500. The molecule has 1 heterocycles. The fourth-order valence-electron chi connectivity index (χ4n) is 2.05. The van der Waals surface area contributed by atoms with Crippen LogP contribution in [0.1, 0.15) is 10.4 Å². The lowest BCUT2D eigenvalue weighted by Gasteiger charge is -2.27. The molecule has 6 nitrogen and oxygen atoms in total. The number of halogens is 3. The van der Waals surface area contributed by atoms with Gasteiger partial charge < -0.3 is 24.8 Å². The summed E-state index contributed by atoms with van der Waals surface area (Å²) < 4.78 is 39.3. The van der Waals surface area contributed by atoms with E-state index in [4.69, 9.17) is 9.47 Å². The highest BCUT2D eigenvalue weighted by Crippen LogP contribution is 2.39. The average molecular weight is 353 g/mol. The van der Waals surface area contributed by atoms with Gasteiger partial charge in [0.1, 0.15) is 0 Å². The van der Waals surface area contributed by atoms with Crippen molar-refractivity contribution in [1.29, 1.82) is 0 Å². The van der Waals surface area contributed by atoms with E-state index in [1.165, 1.54) is 26.4 Å². The van der Waals surface area contributed by atoms with Gasteiger partial charge in [0, 0.05) is 31.1 Å². The van der Waals surface area contributed by atoms with E-state index in [2.05, 4.69) is 15.4 Å². The smallest absolute Gasteiger partial charge is 0.387 e. The number of ether oxygens (including phenoxy) is 3. The molecule has 23 heavy (non-hydrogen) atoms. The molecule has 0 spiro atoms. The van der Waals surface area contributed by atoms with Crippen molar-refractivity contribution in [2.24, 2.45) is 5.92 Å². The largest absolute Gasteiger partial charge is 0.493 e. The fourth-order valence-corrected chi connectivity index (χ4v) is 2.05. The molecule has 1 amide bonds. The Labute approximate surface area is 138 Å².